The summed E-state index contributed by atoms with van der Waals surface area (Å²) < 4.78 is 1.00. The zero-order chi connectivity index (χ0) is 15.6. The van der Waals surface area contributed by atoms with Crippen LogP contribution in [0.15, 0.2) is 33.5 Å². The first-order valence-corrected chi connectivity index (χ1v) is 7.66. The SMILES string of the molecule is Cc1ccc(-c2nc(CNC(C)(C)C)cc(=O)[nH]2)cc1Br. The molecule has 1 aromatic heterocycles. The summed E-state index contributed by atoms with van der Waals surface area (Å²) in [5.74, 6) is 0.592. The van der Waals surface area contributed by atoms with Gasteiger partial charge in [-0.3, -0.25) is 4.79 Å². The van der Waals surface area contributed by atoms with Gasteiger partial charge < -0.3 is 10.3 Å². The zero-order valence-corrected chi connectivity index (χ0v) is 14.3. The molecule has 0 fully saturated rings. The Balaban J connectivity index is 2.34. The standard InChI is InChI=1S/C16H20BrN3O/c1-10-5-6-11(7-13(10)17)15-19-12(8-14(21)20-15)9-18-16(2,3)4/h5-8,18H,9H2,1-4H3,(H,19,20,21). The lowest BCUT2D eigenvalue weighted by molar-refractivity contribution is 0.421. The zero-order valence-electron chi connectivity index (χ0n) is 12.7. The largest absolute Gasteiger partial charge is 0.307 e. The van der Waals surface area contributed by atoms with Crippen molar-refractivity contribution >= 4 is 15.9 Å². The van der Waals surface area contributed by atoms with Crippen molar-refractivity contribution in [2.24, 2.45) is 0 Å². The van der Waals surface area contributed by atoms with Gasteiger partial charge in [-0.25, -0.2) is 4.98 Å². The molecule has 0 radical (unpaired) electrons. The second-order valence-electron chi connectivity index (χ2n) is 6.15. The van der Waals surface area contributed by atoms with E-state index in [4.69, 9.17) is 0 Å². The fourth-order valence-corrected chi connectivity index (χ4v) is 2.21. The molecular formula is C16H20BrN3O. The molecule has 0 saturated heterocycles. The summed E-state index contributed by atoms with van der Waals surface area (Å²) >= 11 is 3.51. The molecule has 0 unspecified atom stereocenters. The highest BCUT2D eigenvalue weighted by Gasteiger charge is 2.11. The Bertz CT molecular complexity index is 701. The van der Waals surface area contributed by atoms with Gasteiger partial charge in [-0.1, -0.05) is 28.1 Å². The maximum atomic E-state index is 11.8. The molecule has 1 aromatic carbocycles. The van der Waals surface area contributed by atoms with E-state index in [9.17, 15) is 4.79 Å². The summed E-state index contributed by atoms with van der Waals surface area (Å²) in [4.78, 5) is 19.2. The van der Waals surface area contributed by atoms with E-state index in [1.807, 2.05) is 25.1 Å². The average Bonchev–Trinajstić information content (AvgIpc) is 2.38. The summed E-state index contributed by atoms with van der Waals surface area (Å²) in [7, 11) is 0. The van der Waals surface area contributed by atoms with Crippen molar-refractivity contribution in [1.82, 2.24) is 15.3 Å². The molecule has 0 aliphatic carbocycles. The van der Waals surface area contributed by atoms with Gasteiger partial charge in [0.15, 0.2) is 0 Å². The molecule has 0 aliphatic rings. The first-order valence-electron chi connectivity index (χ1n) is 6.86. The molecule has 2 aromatic rings. The van der Waals surface area contributed by atoms with Gasteiger partial charge in [0.25, 0.3) is 5.56 Å². The van der Waals surface area contributed by atoms with Crippen LogP contribution in [0.3, 0.4) is 0 Å². The highest BCUT2D eigenvalue weighted by Crippen LogP contribution is 2.22. The number of halogens is 1. The van der Waals surface area contributed by atoms with Crippen LogP contribution in [-0.4, -0.2) is 15.5 Å². The van der Waals surface area contributed by atoms with Crippen molar-refractivity contribution in [3.8, 4) is 11.4 Å². The normalized spacial score (nSPS) is 11.7. The van der Waals surface area contributed by atoms with E-state index in [2.05, 4.69) is 52.0 Å². The molecule has 112 valence electrons. The molecule has 0 saturated carbocycles. The van der Waals surface area contributed by atoms with Crippen molar-refractivity contribution in [3.05, 3.63) is 50.3 Å². The van der Waals surface area contributed by atoms with Crippen LogP contribution >= 0.6 is 15.9 Å². The van der Waals surface area contributed by atoms with Crippen LogP contribution in [0.25, 0.3) is 11.4 Å². The third kappa shape index (κ3) is 4.51. The molecular weight excluding hydrogens is 330 g/mol. The number of hydrogen-bond acceptors (Lipinski definition) is 3. The highest BCUT2D eigenvalue weighted by molar-refractivity contribution is 9.10. The molecule has 0 amide bonds. The number of rotatable bonds is 3. The van der Waals surface area contributed by atoms with Gasteiger partial charge in [0.05, 0.1) is 5.69 Å². The van der Waals surface area contributed by atoms with E-state index in [0.717, 1.165) is 21.3 Å². The number of aromatic nitrogens is 2. The lowest BCUT2D eigenvalue weighted by Crippen LogP contribution is -2.35. The first-order chi connectivity index (χ1) is 9.74. The van der Waals surface area contributed by atoms with Crippen molar-refractivity contribution < 1.29 is 0 Å². The van der Waals surface area contributed by atoms with E-state index in [0.29, 0.717) is 12.4 Å². The quantitative estimate of drug-likeness (QED) is 0.892. The molecule has 0 aliphatic heterocycles. The van der Waals surface area contributed by atoms with Crippen LogP contribution in [0.4, 0.5) is 0 Å². The number of H-pyrrole nitrogens is 1. The Kier molecular flexibility index (Phi) is 4.64. The molecule has 0 atom stereocenters. The minimum Gasteiger partial charge on any atom is -0.307 e. The maximum absolute atomic E-state index is 11.8. The van der Waals surface area contributed by atoms with Crippen LogP contribution in [0.2, 0.25) is 0 Å². The summed E-state index contributed by atoms with van der Waals surface area (Å²) in [6.45, 7) is 8.83. The number of nitrogens with zero attached hydrogens (tertiary/aromatic N) is 1. The van der Waals surface area contributed by atoms with E-state index >= 15 is 0 Å². The van der Waals surface area contributed by atoms with Crippen molar-refractivity contribution in [1.29, 1.82) is 0 Å². The second kappa shape index (κ2) is 6.12. The van der Waals surface area contributed by atoms with Crippen molar-refractivity contribution in [3.63, 3.8) is 0 Å². The van der Waals surface area contributed by atoms with Crippen LogP contribution in [0.5, 0.6) is 0 Å². The number of aryl methyl sites for hydroxylation is 1. The number of benzene rings is 1. The number of nitrogens with one attached hydrogen (secondary N) is 2. The lowest BCUT2D eigenvalue weighted by atomic mass is 10.1. The van der Waals surface area contributed by atoms with Gasteiger partial charge in [-0.15, -0.1) is 0 Å². The van der Waals surface area contributed by atoms with Gasteiger partial charge in [0.1, 0.15) is 5.82 Å². The summed E-state index contributed by atoms with van der Waals surface area (Å²) in [6.07, 6.45) is 0. The first kappa shape index (κ1) is 15.9. The molecule has 4 nitrogen and oxygen atoms in total. The van der Waals surface area contributed by atoms with Crippen molar-refractivity contribution in [2.45, 2.75) is 39.8 Å². The van der Waals surface area contributed by atoms with E-state index < -0.39 is 0 Å². The van der Waals surface area contributed by atoms with Crippen molar-refractivity contribution in [2.75, 3.05) is 0 Å². The fourth-order valence-electron chi connectivity index (χ4n) is 1.83. The van der Waals surface area contributed by atoms with Crippen LogP contribution in [-0.2, 0) is 6.54 Å². The monoisotopic (exact) mass is 349 g/mol. The molecule has 21 heavy (non-hydrogen) atoms. The van der Waals surface area contributed by atoms with Crippen LogP contribution < -0.4 is 10.9 Å². The molecule has 0 bridgehead atoms. The Morgan fingerprint density at radius 2 is 2.00 bits per heavy atom. The Labute approximate surface area is 133 Å². The van der Waals surface area contributed by atoms with Gasteiger partial charge in [-0.2, -0.15) is 0 Å². The van der Waals surface area contributed by atoms with Crippen LogP contribution in [0, 0.1) is 6.92 Å². The maximum Gasteiger partial charge on any atom is 0.251 e. The molecule has 2 rings (SSSR count). The average molecular weight is 350 g/mol. The van der Waals surface area contributed by atoms with Gasteiger partial charge in [0, 0.05) is 28.2 Å². The van der Waals surface area contributed by atoms with E-state index in [1.54, 1.807) is 0 Å². The van der Waals surface area contributed by atoms with Crippen LogP contribution in [0.1, 0.15) is 32.0 Å². The number of aromatic amines is 1. The highest BCUT2D eigenvalue weighted by atomic mass is 79.9. The van der Waals surface area contributed by atoms with E-state index in [1.165, 1.54) is 6.07 Å². The summed E-state index contributed by atoms with van der Waals surface area (Å²) in [5.41, 5.74) is 2.62. The molecule has 1 heterocycles. The predicted octanol–water partition coefficient (Wildman–Crippen LogP) is 3.40. The molecule has 5 heteroatoms. The summed E-state index contributed by atoms with van der Waals surface area (Å²) in [6, 6.07) is 7.46. The Morgan fingerprint density at radius 3 is 2.62 bits per heavy atom. The third-order valence-electron chi connectivity index (χ3n) is 3.04. The summed E-state index contributed by atoms with van der Waals surface area (Å²) in [5, 5.41) is 3.34. The minimum absolute atomic E-state index is 0.0165. The smallest absolute Gasteiger partial charge is 0.251 e. The fraction of sp³-hybridized carbons (Fsp3) is 0.375. The third-order valence-corrected chi connectivity index (χ3v) is 3.89. The van der Waals surface area contributed by atoms with Gasteiger partial charge in [-0.05, 0) is 39.3 Å². The Hall–Kier alpha value is -1.46. The Morgan fingerprint density at radius 1 is 1.29 bits per heavy atom. The van der Waals surface area contributed by atoms with E-state index in [-0.39, 0.29) is 11.1 Å². The number of hydrogen-bond donors (Lipinski definition) is 2. The lowest BCUT2D eigenvalue weighted by Gasteiger charge is -2.20. The molecule has 2 N–H and O–H groups in total. The second-order valence-corrected chi connectivity index (χ2v) is 7.01. The predicted molar refractivity (Wildman–Crippen MR) is 89.3 cm³/mol. The topological polar surface area (TPSA) is 57.8 Å². The molecule has 0 spiro atoms. The van der Waals surface area contributed by atoms with Gasteiger partial charge >= 0.3 is 0 Å². The minimum atomic E-state index is -0.137. The van der Waals surface area contributed by atoms with Gasteiger partial charge in [0.2, 0.25) is 0 Å².